The van der Waals surface area contributed by atoms with Gasteiger partial charge in [-0.05, 0) is 43.0 Å². The van der Waals surface area contributed by atoms with Gasteiger partial charge in [-0.15, -0.1) is 0 Å². The third kappa shape index (κ3) is 3.55. The van der Waals surface area contributed by atoms with E-state index in [1.54, 1.807) is 25.5 Å². The van der Waals surface area contributed by atoms with Gasteiger partial charge in [0, 0.05) is 56.7 Å². The number of carbonyl (C=O) groups is 1. The topological polar surface area (TPSA) is 61.3 Å². The molecule has 1 aromatic carbocycles. The lowest BCUT2D eigenvalue weighted by atomic mass is 10.0. The summed E-state index contributed by atoms with van der Waals surface area (Å²) in [5, 5.41) is 0.693. The summed E-state index contributed by atoms with van der Waals surface area (Å²) in [6.45, 7) is 4.04. The van der Waals surface area contributed by atoms with Crippen LogP contribution >= 0.6 is 0 Å². The fourth-order valence-corrected chi connectivity index (χ4v) is 4.28. The van der Waals surface area contributed by atoms with Crippen LogP contribution in [-0.4, -0.2) is 46.5 Å². The first-order chi connectivity index (χ1) is 14.0. The molecule has 0 radical (unpaired) electrons. The van der Waals surface area contributed by atoms with Crippen molar-refractivity contribution < 1.29 is 4.79 Å². The number of piperidine rings is 1. The van der Waals surface area contributed by atoms with Crippen LogP contribution in [0.2, 0.25) is 0 Å². The number of hydrogen-bond donors (Lipinski definition) is 1. The van der Waals surface area contributed by atoms with Crippen LogP contribution in [0, 0.1) is 0 Å². The van der Waals surface area contributed by atoms with E-state index in [1.807, 2.05) is 11.9 Å². The number of pyridine rings is 1. The molecule has 0 atom stereocenters. The van der Waals surface area contributed by atoms with Crippen LogP contribution in [0.5, 0.6) is 0 Å². The first-order valence-electron chi connectivity index (χ1n) is 10.3. The Balaban J connectivity index is 1.49. The number of nitrogens with zero attached hydrogens (tertiary/aromatic N) is 3. The number of benzene rings is 1. The van der Waals surface area contributed by atoms with Crippen molar-refractivity contribution in [3.05, 3.63) is 64.2 Å². The molecule has 1 saturated heterocycles. The summed E-state index contributed by atoms with van der Waals surface area (Å²) >= 11 is 0. The van der Waals surface area contributed by atoms with Crippen LogP contribution in [0.25, 0.3) is 10.9 Å². The summed E-state index contributed by atoms with van der Waals surface area (Å²) in [7, 11) is 3.56. The van der Waals surface area contributed by atoms with Gasteiger partial charge in [-0.25, -0.2) is 0 Å². The van der Waals surface area contributed by atoms with Crippen LogP contribution < -0.4 is 10.5 Å². The molecule has 0 spiro atoms. The van der Waals surface area contributed by atoms with Gasteiger partial charge < -0.3 is 19.4 Å². The Kier molecular flexibility index (Phi) is 5.18. The Labute approximate surface area is 170 Å². The van der Waals surface area contributed by atoms with Crippen molar-refractivity contribution >= 4 is 22.5 Å². The molecule has 3 heterocycles. The lowest BCUT2D eigenvalue weighted by Crippen LogP contribution is -2.46. The van der Waals surface area contributed by atoms with Crippen molar-refractivity contribution in [3.63, 3.8) is 0 Å². The molecule has 2 aromatic heterocycles. The minimum atomic E-state index is -0.119. The van der Waals surface area contributed by atoms with E-state index in [-0.39, 0.29) is 17.5 Å². The molecule has 1 amide bonds. The number of carbonyl (C=O) groups excluding carboxylic acids is 1. The predicted octanol–water partition coefficient (Wildman–Crippen LogP) is 3.17. The maximum absolute atomic E-state index is 13.2. The number of nitrogens with one attached hydrogen (secondary N) is 1. The molecular weight excluding hydrogens is 364 g/mol. The lowest BCUT2D eigenvalue weighted by Gasteiger charge is -2.38. The third-order valence-electron chi connectivity index (χ3n) is 6.14. The Morgan fingerprint density at radius 2 is 2.00 bits per heavy atom. The molecular formula is C23H28N4O2. The molecule has 6 heteroatoms. The standard InChI is InChI=1S/C23H28N4O2/c1-4-16-6-5-7-18(14-16)27-12-9-17(10-13-27)26(3)22(28)20-15-25(2)23(29)21-19(20)8-11-24-21/h5-8,11,14-15,17,24H,4,9-10,12-13H2,1-3H3. The van der Waals surface area contributed by atoms with Crippen molar-refractivity contribution in [1.29, 1.82) is 0 Å². The maximum atomic E-state index is 13.2. The van der Waals surface area contributed by atoms with Gasteiger partial charge in [-0.3, -0.25) is 9.59 Å². The Hall–Kier alpha value is -3.02. The Morgan fingerprint density at radius 3 is 2.72 bits per heavy atom. The second-order valence-corrected chi connectivity index (χ2v) is 7.88. The molecule has 152 valence electrons. The molecule has 4 rings (SSSR count). The number of amides is 1. The van der Waals surface area contributed by atoms with E-state index < -0.39 is 0 Å². The van der Waals surface area contributed by atoms with Crippen molar-refractivity contribution in [2.75, 3.05) is 25.0 Å². The third-order valence-corrected chi connectivity index (χ3v) is 6.14. The summed E-state index contributed by atoms with van der Waals surface area (Å²) < 4.78 is 1.48. The fourth-order valence-electron chi connectivity index (χ4n) is 4.28. The molecule has 1 N–H and O–H groups in total. The quantitative estimate of drug-likeness (QED) is 0.742. The summed E-state index contributed by atoms with van der Waals surface area (Å²) in [6.07, 6.45) is 6.27. The zero-order valence-corrected chi connectivity index (χ0v) is 17.3. The number of aryl methyl sites for hydroxylation is 2. The van der Waals surface area contributed by atoms with Gasteiger partial charge in [-0.1, -0.05) is 19.1 Å². The van der Waals surface area contributed by atoms with Gasteiger partial charge in [-0.2, -0.15) is 0 Å². The molecule has 1 fully saturated rings. The number of fused-ring (bicyclic) bond motifs is 1. The molecule has 1 aliphatic rings. The van der Waals surface area contributed by atoms with Crippen LogP contribution in [0.4, 0.5) is 5.69 Å². The first-order valence-corrected chi connectivity index (χ1v) is 10.3. The highest BCUT2D eigenvalue weighted by Crippen LogP contribution is 2.25. The highest BCUT2D eigenvalue weighted by Gasteiger charge is 2.27. The van der Waals surface area contributed by atoms with Crippen LogP contribution in [0.3, 0.4) is 0 Å². The van der Waals surface area contributed by atoms with Gasteiger partial charge in [0.2, 0.25) is 0 Å². The highest BCUT2D eigenvalue weighted by atomic mass is 16.2. The number of anilines is 1. The fraction of sp³-hybridized carbons (Fsp3) is 0.391. The van der Waals surface area contributed by atoms with E-state index in [1.165, 1.54) is 15.8 Å². The zero-order chi connectivity index (χ0) is 20.5. The number of aromatic amines is 1. The van der Waals surface area contributed by atoms with Crippen molar-refractivity contribution in [2.45, 2.75) is 32.2 Å². The molecule has 3 aromatic rings. The van der Waals surface area contributed by atoms with Gasteiger partial charge >= 0.3 is 0 Å². The average molecular weight is 393 g/mol. The van der Waals surface area contributed by atoms with Crippen molar-refractivity contribution in [2.24, 2.45) is 7.05 Å². The summed E-state index contributed by atoms with van der Waals surface area (Å²) in [6, 6.07) is 10.7. The van der Waals surface area contributed by atoms with E-state index in [0.29, 0.717) is 16.5 Å². The molecule has 0 bridgehead atoms. The minimum absolute atomic E-state index is 0.0309. The number of rotatable bonds is 4. The van der Waals surface area contributed by atoms with E-state index in [9.17, 15) is 9.59 Å². The zero-order valence-electron chi connectivity index (χ0n) is 17.3. The van der Waals surface area contributed by atoms with Crippen molar-refractivity contribution in [3.8, 4) is 0 Å². The van der Waals surface area contributed by atoms with Gasteiger partial charge in [0.15, 0.2) is 0 Å². The van der Waals surface area contributed by atoms with Gasteiger partial charge in [0.25, 0.3) is 11.5 Å². The summed E-state index contributed by atoms with van der Waals surface area (Å²) in [5.41, 5.74) is 3.55. The molecule has 29 heavy (non-hydrogen) atoms. The summed E-state index contributed by atoms with van der Waals surface area (Å²) in [5.74, 6) is -0.0309. The van der Waals surface area contributed by atoms with E-state index in [4.69, 9.17) is 0 Å². The molecule has 0 unspecified atom stereocenters. The van der Waals surface area contributed by atoms with E-state index >= 15 is 0 Å². The Morgan fingerprint density at radius 1 is 1.24 bits per heavy atom. The SMILES string of the molecule is CCc1cccc(N2CCC(N(C)C(=O)c3cn(C)c(=O)c4[nH]ccc34)CC2)c1. The van der Waals surface area contributed by atoms with Crippen molar-refractivity contribution in [1.82, 2.24) is 14.5 Å². The number of hydrogen-bond acceptors (Lipinski definition) is 3. The molecule has 1 aliphatic heterocycles. The predicted molar refractivity (Wildman–Crippen MR) is 117 cm³/mol. The van der Waals surface area contributed by atoms with Crippen LogP contribution in [0.15, 0.2) is 47.5 Å². The van der Waals surface area contributed by atoms with E-state index in [0.717, 1.165) is 32.4 Å². The average Bonchev–Trinajstić information content (AvgIpc) is 3.25. The second kappa shape index (κ2) is 7.78. The monoisotopic (exact) mass is 392 g/mol. The van der Waals surface area contributed by atoms with Crippen LogP contribution in [0.1, 0.15) is 35.7 Å². The minimum Gasteiger partial charge on any atom is -0.371 e. The maximum Gasteiger partial charge on any atom is 0.274 e. The number of aromatic nitrogens is 2. The number of H-pyrrole nitrogens is 1. The lowest BCUT2D eigenvalue weighted by molar-refractivity contribution is 0.0710. The van der Waals surface area contributed by atoms with E-state index in [2.05, 4.69) is 41.1 Å². The van der Waals surface area contributed by atoms with Gasteiger partial charge in [0.1, 0.15) is 5.52 Å². The first kappa shape index (κ1) is 19.3. The second-order valence-electron chi connectivity index (χ2n) is 7.88. The van der Waals surface area contributed by atoms with Crippen LogP contribution in [-0.2, 0) is 13.5 Å². The molecule has 6 nitrogen and oxygen atoms in total. The highest BCUT2D eigenvalue weighted by molar-refractivity contribution is 6.05. The molecule has 0 aliphatic carbocycles. The largest absolute Gasteiger partial charge is 0.371 e. The summed E-state index contributed by atoms with van der Waals surface area (Å²) in [4.78, 5) is 32.7. The molecule has 0 saturated carbocycles. The Bertz CT molecular complexity index is 1090. The van der Waals surface area contributed by atoms with Gasteiger partial charge in [0.05, 0.1) is 5.56 Å². The smallest absolute Gasteiger partial charge is 0.274 e. The normalized spacial score (nSPS) is 15.1.